The van der Waals surface area contributed by atoms with E-state index in [2.05, 4.69) is 0 Å². The molecule has 1 heterocycles. The number of hydrogen-bond donors (Lipinski definition) is 2. The SMILES string of the molecule is O=c1c2cc(O)ccc2oc2cc(O)cc([O-])c12. The lowest BCUT2D eigenvalue weighted by atomic mass is 10.1. The minimum Gasteiger partial charge on any atom is -0.872 e. The average Bonchev–Trinajstić information content (AvgIpc) is 2.29. The van der Waals surface area contributed by atoms with E-state index in [9.17, 15) is 20.1 Å². The second kappa shape index (κ2) is 3.40. The van der Waals surface area contributed by atoms with E-state index in [4.69, 9.17) is 4.42 Å². The zero-order valence-electron chi connectivity index (χ0n) is 9.01. The van der Waals surface area contributed by atoms with E-state index in [-0.39, 0.29) is 33.4 Å². The number of aromatic hydroxyl groups is 2. The third-order valence-corrected chi connectivity index (χ3v) is 2.71. The molecule has 0 saturated carbocycles. The first kappa shape index (κ1) is 10.5. The number of fused-ring (bicyclic) bond motifs is 2. The number of rotatable bonds is 0. The average molecular weight is 243 g/mol. The van der Waals surface area contributed by atoms with Gasteiger partial charge in [-0.1, -0.05) is 5.75 Å². The van der Waals surface area contributed by atoms with Crippen LogP contribution < -0.4 is 10.5 Å². The van der Waals surface area contributed by atoms with Crippen molar-refractivity contribution in [3.63, 3.8) is 0 Å². The molecule has 0 aliphatic rings. The van der Waals surface area contributed by atoms with Crippen molar-refractivity contribution in [2.45, 2.75) is 0 Å². The molecule has 2 aromatic carbocycles. The summed E-state index contributed by atoms with van der Waals surface area (Å²) >= 11 is 0. The smallest absolute Gasteiger partial charge is 0.200 e. The molecule has 0 atom stereocenters. The molecule has 0 radical (unpaired) electrons. The Morgan fingerprint density at radius 2 is 1.78 bits per heavy atom. The van der Waals surface area contributed by atoms with Gasteiger partial charge in [-0.05, 0) is 24.3 Å². The Labute approximate surface area is 100 Å². The van der Waals surface area contributed by atoms with Gasteiger partial charge in [0.05, 0.1) is 10.8 Å². The second-order valence-electron chi connectivity index (χ2n) is 3.93. The van der Waals surface area contributed by atoms with Gasteiger partial charge in [0.25, 0.3) is 0 Å². The number of hydrogen-bond acceptors (Lipinski definition) is 5. The van der Waals surface area contributed by atoms with Crippen molar-refractivity contribution >= 4 is 21.9 Å². The zero-order chi connectivity index (χ0) is 12.9. The highest BCUT2D eigenvalue weighted by Crippen LogP contribution is 2.29. The third kappa shape index (κ3) is 1.37. The van der Waals surface area contributed by atoms with Crippen molar-refractivity contribution in [1.82, 2.24) is 0 Å². The molecule has 5 heteroatoms. The molecule has 18 heavy (non-hydrogen) atoms. The maximum absolute atomic E-state index is 12.1. The van der Waals surface area contributed by atoms with Gasteiger partial charge in [0.1, 0.15) is 22.7 Å². The normalized spacial score (nSPS) is 11.1. The largest absolute Gasteiger partial charge is 0.872 e. The molecule has 0 unspecified atom stereocenters. The predicted octanol–water partition coefficient (Wildman–Crippen LogP) is 1.43. The molecule has 3 aromatic rings. The topological polar surface area (TPSA) is 93.7 Å². The Balaban J connectivity index is 2.61. The molecule has 0 aliphatic heterocycles. The predicted molar refractivity (Wildman–Crippen MR) is 62.8 cm³/mol. The van der Waals surface area contributed by atoms with Gasteiger partial charge in [-0.3, -0.25) is 4.79 Å². The van der Waals surface area contributed by atoms with E-state index < -0.39 is 11.2 Å². The summed E-state index contributed by atoms with van der Waals surface area (Å²) in [6, 6.07) is 6.21. The van der Waals surface area contributed by atoms with E-state index in [1.165, 1.54) is 24.3 Å². The van der Waals surface area contributed by atoms with Crippen LogP contribution in [0.25, 0.3) is 21.9 Å². The summed E-state index contributed by atoms with van der Waals surface area (Å²) in [4.78, 5) is 12.1. The van der Waals surface area contributed by atoms with Crippen LogP contribution in [0.15, 0.2) is 39.5 Å². The summed E-state index contributed by atoms with van der Waals surface area (Å²) in [6.07, 6.45) is 0. The van der Waals surface area contributed by atoms with Crippen molar-refractivity contribution < 1.29 is 19.7 Å². The molecular formula is C13H7O5-. The van der Waals surface area contributed by atoms with Crippen molar-refractivity contribution in [2.24, 2.45) is 0 Å². The van der Waals surface area contributed by atoms with E-state index in [0.29, 0.717) is 0 Å². The fourth-order valence-corrected chi connectivity index (χ4v) is 1.92. The molecule has 1 aromatic heterocycles. The van der Waals surface area contributed by atoms with Crippen molar-refractivity contribution in [3.05, 3.63) is 40.6 Å². The molecule has 0 saturated heterocycles. The van der Waals surface area contributed by atoms with E-state index in [1.54, 1.807) is 0 Å². The molecule has 90 valence electrons. The molecule has 0 amide bonds. The number of benzene rings is 2. The van der Waals surface area contributed by atoms with Gasteiger partial charge in [0.15, 0.2) is 5.43 Å². The molecule has 3 rings (SSSR count). The van der Waals surface area contributed by atoms with Crippen molar-refractivity contribution in [2.75, 3.05) is 0 Å². The molecule has 5 nitrogen and oxygen atoms in total. The lowest BCUT2D eigenvalue weighted by molar-refractivity contribution is -0.266. The Hall–Kier alpha value is -2.69. The number of phenolic OH excluding ortho intramolecular Hbond substituents is 2. The molecule has 0 fully saturated rings. The molecule has 2 N–H and O–H groups in total. The van der Waals surface area contributed by atoms with Gasteiger partial charge >= 0.3 is 0 Å². The first-order valence-corrected chi connectivity index (χ1v) is 5.16. The molecule has 0 bridgehead atoms. The monoisotopic (exact) mass is 243 g/mol. The second-order valence-corrected chi connectivity index (χ2v) is 3.93. The van der Waals surface area contributed by atoms with E-state index >= 15 is 0 Å². The van der Waals surface area contributed by atoms with Crippen LogP contribution >= 0.6 is 0 Å². The van der Waals surface area contributed by atoms with Crippen LogP contribution in [0.5, 0.6) is 17.2 Å². The molecule has 0 spiro atoms. The Morgan fingerprint density at radius 1 is 1.00 bits per heavy atom. The zero-order valence-corrected chi connectivity index (χ0v) is 9.01. The summed E-state index contributed by atoms with van der Waals surface area (Å²) in [5.74, 6) is -0.946. The van der Waals surface area contributed by atoms with Gasteiger partial charge in [-0.25, -0.2) is 0 Å². The maximum atomic E-state index is 12.1. The fraction of sp³-hybridized carbons (Fsp3) is 0. The van der Waals surface area contributed by atoms with Crippen LogP contribution in [-0.4, -0.2) is 10.2 Å². The first-order valence-electron chi connectivity index (χ1n) is 5.16. The van der Waals surface area contributed by atoms with Crippen LogP contribution in [0.3, 0.4) is 0 Å². The standard InChI is InChI=1S/C13H8O5/c14-6-1-2-10-8(3-6)13(17)12-9(16)4-7(15)5-11(12)18-10/h1-5,14-16H/p-1. The molecular weight excluding hydrogens is 236 g/mol. The van der Waals surface area contributed by atoms with Crippen LogP contribution in [-0.2, 0) is 0 Å². The molecule has 0 aliphatic carbocycles. The summed E-state index contributed by atoms with van der Waals surface area (Å²) in [6.45, 7) is 0. The number of phenols is 2. The van der Waals surface area contributed by atoms with Gasteiger partial charge in [0.2, 0.25) is 0 Å². The Bertz CT molecular complexity index is 832. The van der Waals surface area contributed by atoms with Crippen LogP contribution in [0.2, 0.25) is 0 Å². The third-order valence-electron chi connectivity index (χ3n) is 2.71. The summed E-state index contributed by atoms with van der Waals surface area (Å²) in [7, 11) is 0. The quantitative estimate of drug-likeness (QED) is 0.582. The van der Waals surface area contributed by atoms with Crippen LogP contribution in [0, 0.1) is 0 Å². The highest BCUT2D eigenvalue weighted by atomic mass is 16.3. The minimum atomic E-state index is -0.607. The Morgan fingerprint density at radius 3 is 2.56 bits per heavy atom. The van der Waals surface area contributed by atoms with Crippen molar-refractivity contribution in [3.8, 4) is 17.2 Å². The summed E-state index contributed by atoms with van der Waals surface area (Å²) in [5, 5.41) is 30.3. The van der Waals surface area contributed by atoms with Gasteiger partial charge in [-0.2, -0.15) is 0 Å². The minimum absolute atomic E-state index is 0.0307. The van der Waals surface area contributed by atoms with Gasteiger partial charge in [0, 0.05) is 6.07 Å². The fourth-order valence-electron chi connectivity index (χ4n) is 1.92. The maximum Gasteiger partial charge on any atom is 0.200 e. The first-order chi connectivity index (χ1) is 8.56. The van der Waals surface area contributed by atoms with Gasteiger partial charge < -0.3 is 19.7 Å². The lowest BCUT2D eigenvalue weighted by Gasteiger charge is -2.10. The van der Waals surface area contributed by atoms with E-state index in [0.717, 1.165) is 6.07 Å². The van der Waals surface area contributed by atoms with E-state index in [1.807, 2.05) is 0 Å². The summed E-state index contributed by atoms with van der Waals surface area (Å²) < 4.78 is 5.37. The van der Waals surface area contributed by atoms with Crippen LogP contribution in [0.1, 0.15) is 0 Å². The van der Waals surface area contributed by atoms with Crippen LogP contribution in [0.4, 0.5) is 0 Å². The lowest BCUT2D eigenvalue weighted by Crippen LogP contribution is -2.05. The van der Waals surface area contributed by atoms with Gasteiger partial charge in [-0.15, -0.1) is 0 Å². The Kier molecular flexibility index (Phi) is 1.98. The summed E-state index contributed by atoms with van der Waals surface area (Å²) in [5.41, 5.74) is -0.245. The van der Waals surface area contributed by atoms with Crippen molar-refractivity contribution in [1.29, 1.82) is 0 Å². The highest BCUT2D eigenvalue weighted by Gasteiger charge is 2.09. The highest BCUT2D eigenvalue weighted by molar-refractivity contribution is 5.93.